The highest BCUT2D eigenvalue weighted by Gasteiger charge is 2.35. The first-order valence-corrected chi connectivity index (χ1v) is 12.9. The highest BCUT2D eigenvalue weighted by atomic mass is 35.5. The van der Waals surface area contributed by atoms with E-state index in [0.717, 1.165) is 24.1 Å². The van der Waals surface area contributed by atoms with Crippen molar-refractivity contribution in [3.63, 3.8) is 0 Å². The molecule has 2 aliphatic rings. The predicted molar refractivity (Wildman–Crippen MR) is 141 cm³/mol. The summed E-state index contributed by atoms with van der Waals surface area (Å²) < 4.78 is 1.67. The van der Waals surface area contributed by atoms with E-state index in [2.05, 4.69) is 32.5 Å². The number of likely N-dealkylation sites (tertiary alicyclic amines) is 1. The van der Waals surface area contributed by atoms with Crippen LogP contribution in [-0.4, -0.2) is 55.6 Å². The Morgan fingerprint density at radius 2 is 1.81 bits per heavy atom. The minimum absolute atomic E-state index is 0.0605. The number of hydrogen-bond donors (Lipinski definition) is 1. The van der Waals surface area contributed by atoms with E-state index in [1.807, 2.05) is 36.2 Å². The number of rotatable bonds is 5. The molecular formula is C28H27ClN6O2. The summed E-state index contributed by atoms with van der Waals surface area (Å²) in [7, 11) is 1.82. The summed E-state index contributed by atoms with van der Waals surface area (Å²) >= 11 is 6.42. The van der Waals surface area contributed by atoms with Crippen LogP contribution in [0.4, 0.5) is 0 Å². The summed E-state index contributed by atoms with van der Waals surface area (Å²) in [4.78, 5) is 37.3. The molecule has 188 valence electrons. The van der Waals surface area contributed by atoms with Gasteiger partial charge in [-0.2, -0.15) is 5.10 Å². The molecule has 6 rings (SSSR count). The van der Waals surface area contributed by atoms with Crippen molar-refractivity contribution in [3.05, 3.63) is 88.5 Å². The molecule has 0 bridgehead atoms. The molecule has 0 unspecified atom stereocenters. The average Bonchev–Trinajstić information content (AvgIpc) is 3.70. The van der Waals surface area contributed by atoms with Gasteiger partial charge in [-0.15, -0.1) is 0 Å². The number of nitrogens with zero attached hydrogens (tertiary/aromatic N) is 5. The SMILES string of the molecule is Cn1nc(C2CC2)cc1C(=O)N[C@@H]1CCN(C(=O)c2cc(Cl)c3nccnc3c2)C[C@@H]1c1ccccc1. The molecule has 2 aromatic carbocycles. The number of aryl methyl sites for hydroxylation is 1. The Bertz CT molecular complexity index is 1480. The van der Waals surface area contributed by atoms with Crippen molar-refractivity contribution < 1.29 is 9.59 Å². The number of carbonyl (C=O) groups is 2. The Balaban J connectivity index is 1.24. The zero-order valence-electron chi connectivity index (χ0n) is 20.5. The number of benzene rings is 2. The maximum absolute atomic E-state index is 13.6. The van der Waals surface area contributed by atoms with E-state index in [0.29, 0.717) is 52.7 Å². The van der Waals surface area contributed by atoms with Crippen LogP contribution in [0.15, 0.2) is 60.9 Å². The predicted octanol–water partition coefficient (Wildman–Crippen LogP) is 4.32. The first kappa shape index (κ1) is 23.6. The van der Waals surface area contributed by atoms with Gasteiger partial charge in [0.1, 0.15) is 11.2 Å². The minimum atomic E-state index is -0.132. The molecule has 2 amide bonds. The van der Waals surface area contributed by atoms with Crippen LogP contribution in [0.5, 0.6) is 0 Å². The molecule has 1 saturated carbocycles. The lowest BCUT2D eigenvalue weighted by molar-refractivity contribution is 0.0671. The summed E-state index contributed by atoms with van der Waals surface area (Å²) in [6, 6.07) is 15.2. The van der Waals surface area contributed by atoms with Crippen LogP contribution in [0.3, 0.4) is 0 Å². The third kappa shape index (κ3) is 4.69. The zero-order chi connectivity index (χ0) is 25.5. The van der Waals surface area contributed by atoms with Gasteiger partial charge in [0, 0.05) is 56.0 Å². The van der Waals surface area contributed by atoms with Crippen LogP contribution >= 0.6 is 11.6 Å². The number of carbonyl (C=O) groups excluding carboxylic acids is 2. The van der Waals surface area contributed by atoms with Gasteiger partial charge in [-0.3, -0.25) is 24.2 Å². The van der Waals surface area contributed by atoms with Gasteiger partial charge in [0.2, 0.25) is 0 Å². The van der Waals surface area contributed by atoms with Gasteiger partial charge in [-0.05, 0) is 43.0 Å². The molecule has 37 heavy (non-hydrogen) atoms. The number of hydrogen-bond acceptors (Lipinski definition) is 5. The number of aromatic nitrogens is 4. The lowest BCUT2D eigenvalue weighted by Crippen LogP contribution is -2.51. The molecule has 1 N–H and O–H groups in total. The third-order valence-electron chi connectivity index (χ3n) is 7.35. The van der Waals surface area contributed by atoms with E-state index in [-0.39, 0.29) is 23.8 Å². The number of halogens is 1. The maximum atomic E-state index is 13.6. The topological polar surface area (TPSA) is 93.0 Å². The van der Waals surface area contributed by atoms with E-state index in [4.69, 9.17) is 11.6 Å². The van der Waals surface area contributed by atoms with Crippen LogP contribution in [0.25, 0.3) is 11.0 Å². The van der Waals surface area contributed by atoms with Gasteiger partial charge in [0.25, 0.3) is 11.8 Å². The molecule has 2 fully saturated rings. The molecule has 1 aliphatic heterocycles. The highest BCUT2D eigenvalue weighted by Crippen LogP contribution is 2.39. The quantitative estimate of drug-likeness (QED) is 0.428. The standard InChI is InChI=1S/C28H27ClN6O2/c1-34-25(15-23(33-34)18-7-8-18)27(36)32-22-9-12-35(16-20(22)17-5-3-2-4-6-17)28(37)19-13-21(29)26-24(14-19)30-10-11-31-26/h2-6,10-11,13-15,18,20,22H,7-9,12,16H2,1H3,(H,32,36)/t20-,22-/m1/s1. The largest absolute Gasteiger partial charge is 0.347 e. The van der Waals surface area contributed by atoms with Crippen molar-refractivity contribution in [1.29, 1.82) is 0 Å². The smallest absolute Gasteiger partial charge is 0.269 e. The zero-order valence-corrected chi connectivity index (χ0v) is 21.2. The first-order valence-electron chi connectivity index (χ1n) is 12.6. The monoisotopic (exact) mass is 514 g/mol. The first-order chi connectivity index (χ1) is 18.0. The van der Waals surface area contributed by atoms with Crippen molar-refractivity contribution in [2.24, 2.45) is 7.05 Å². The van der Waals surface area contributed by atoms with E-state index >= 15 is 0 Å². The fourth-order valence-electron chi connectivity index (χ4n) is 5.21. The molecule has 0 radical (unpaired) electrons. The lowest BCUT2D eigenvalue weighted by Gasteiger charge is -2.39. The summed E-state index contributed by atoms with van der Waals surface area (Å²) in [6.45, 7) is 0.991. The van der Waals surface area contributed by atoms with Crippen LogP contribution in [0, 0.1) is 0 Å². The molecule has 1 aliphatic carbocycles. The second-order valence-corrected chi connectivity index (χ2v) is 10.3. The Labute approximate surface area is 219 Å². The van der Waals surface area contributed by atoms with E-state index in [9.17, 15) is 9.59 Å². The van der Waals surface area contributed by atoms with Crippen LogP contribution < -0.4 is 5.32 Å². The van der Waals surface area contributed by atoms with Crippen LogP contribution in [0.2, 0.25) is 5.02 Å². The van der Waals surface area contributed by atoms with E-state index in [1.54, 1.807) is 29.2 Å². The molecule has 0 spiro atoms. The minimum Gasteiger partial charge on any atom is -0.347 e. The van der Waals surface area contributed by atoms with Crippen molar-refractivity contribution >= 4 is 34.4 Å². The molecular weight excluding hydrogens is 488 g/mol. The molecule has 9 heteroatoms. The number of amides is 2. The summed E-state index contributed by atoms with van der Waals surface area (Å²) in [5.74, 6) is 0.178. The maximum Gasteiger partial charge on any atom is 0.269 e. The van der Waals surface area contributed by atoms with Gasteiger partial charge in [0.15, 0.2) is 0 Å². The van der Waals surface area contributed by atoms with Crippen molar-refractivity contribution in [1.82, 2.24) is 30.0 Å². The highest BCUT2D eigenvalue weighted by molar-refractivity contribution is 6.35. The summed E-state index contributed by atoms with van der Waals surface area (Å²) in [5, 5.41) is 8.20. The molecule has 2 aromatic heterocycles. The number of fused-ring (bicyclic) bond motifs is 1. The van der Waals surface area contributed by atoms with Gasteiger partial charge < -0.3 is 10.2 Å². The third-order valence-corrected chi connectivity index (χ3v) is 7.63. The molecule has 4 aromatic rings. The van der Waals surface area contributed by atoms with Crippen molar-refractivity contribution in [3.8, 4) is 0 Å². The van der Waals surface area contributed by atoms with Gasteiger partial charge >= 0.3 is 0 Å². The van der Waals surface area contributed by atoms with E-state index in [1.165, 1.54) is 0 Å². The second kappa shape index (κ2) is 9.59. The van der Waals surface area contributed by atoms with Crippen LogP contribution in [-0.2, 0) is 7.05 Å². The summed E-state index contributed by atoms with van der Waals surface area (Å²) in [5.41, 5.74) is 4.28. The Morgan fingerprint density at radius 1 is 1.03 bits per heavy atom. The van der Waals surface area contributed by atoms with Gasteiger partial charge in [0.05, 0.1) is 16.2 Å². The molecule has 8 nitrogen and oxygen atoms in total. The fourth-order valence-corrected chi connectivity index (χ4v) is 5.47. The number of nitrogens with one attached hydrogen (secondary N) is 1. The second-order valence-electron chi connectivity index (χ2n) is 9.87. The van der Waals surface area contributed by atoms with Crippen LogP contribution in [0.1, 0.15) is 63.2 Å². The summed E-state index contributed by atoms with van der Waals surface area (Å²) in [6.07, 6.45) is 6.07. The van der Waals surface area contributed by atoms with Crippen molar-refractivity contribution in [2.45, 2.75) is 37.1 Å². The fraction of sp³-hybridized carbons (Fsp3) is 0.321. The van der Waals surface area contributed by atoms with Crippen molar-refractivity contribution in [2.75, 3.05) is 13.1 Å². The number of piperidine rings is 1. The Kier molecular flexibility index (Phi) is 6.12. The molecule has 3 heterocycles. The van der Waals surface area contributed by atoms with Gasteiger partial charge in [-0.1, -0.05) is 41.9 Å². The normalized spacial score (nSPS) is 19.7. The Morgan fingerprint density at radius 3 is 2.59 bits per heavy atom. The molecule has 1 saturated heterocycles. The van der Waals surface area contributed by atoms with Gasteiger partial charge in [-0.25, -0.2) is 0 Å². The Hall–Kier alpha value is -3.78. The average molecular weight is 515 g/mol. The molecule has 2 atom stereocenters. The van der Waals surface area contributed by atoms with E-state index < -0.39 is 0 Å². The lowest BCUT2D eigenvalue weighted by atomic mass is 9.85.